The first-order chi connectivity index (χ1) is 12.0. The van der Waals surface area contributed by atoms with Crippen LogP contribution in [0.15, 0.2) is 26.2 Å². The van der Waals surface area contributed by atoms with E-state index >= 15 is 0 Å². The number of hydrogen-bond acceptors (Lipinski definition) is 4. The Hall–Kier alpha value is -1.80. The number of H-pyrrole nitrogens is 1. The molecule has 2 heterocycles. The number of likely N-dealkylation sites (tertiary alicyclic amines) is 1. The molecule has 9 heteroatoms. The summed E-state index contributed by atoms with van der Waals surface area (Å²) in [6, 6.07) is 3.31. The average Bonchev–Trinajstić information content (AvgIpc) is 2.46. The standard InChI is InChI=1S/C17H19BrClN3O4/c1-17(2,3)26-16(25)21-6-9(7-21)8-22-13-5-11(19)10(18)4-12(13)20-14(23)15(22)24/h4-5,9H,6-8H2,1-3H3,(H,20,23). The van der Waals surface area contributed by atoms with E-state index in [9.17, 15) is 14.4 Å². The van der Waals surface area contributed by atoms with E-state index in [1.165, 1.54) is 4.57 Å². The number of aromatic nitrogens is 2. The second kappa shape index (κ2) is 6.74. The van der Waals surface area contributed by atoms with E-state index in [1.54, 1.807) is 17.0 Å². The van der Waals surface area contributed by atoms with Gasteiger partial charge in [-0.15, -0.1) is 0 Å². The van der Waals surface area contributed by atoms with Crippen LogP contribution in [-0.4, -0.2) is 39.2 Å². The number of hydrogen-bond donors (Lipinski definition) is 1. The molecule has 3 rings (SSSR count). The van der Waals surface area contributed by atoms with Gasteiger partial charge in [0.05, 0.1) is 16.1 Å². The first-order valence-corrected chi connectivity index (χ1v) is 9.32. The van der Waals surface area contributed by atoms with Crippen LogP contribution in [0.3, 0.4) is 0 Å². The van der Waals surface area contributed by atoms with Gasteiger partial charge in [0.2, 0.25) is 0 Å². The molecule has 1 amide bonds. The third kappa shape index (κ3) is 3.81. The highest BCUT2D eigenvalue weighted by Crippen LogP contribution is 2.27. The van der Waals surface area contributed by atoms with Crippen LogP contribution in [0.4, 0.5) is 4.79 Å². The molecule has 140 valence electrons. The molecule has 0 bridgehead atoms. The summed E-state index contributed by atoms with van der Waals surface area (Å²) in [5.74, 6) is 0.0626. The van der Waals surface area contributed by atoms with Crippen LogP contribution in [0.1, 0.15) is 20.8 Å². The zero-order valence-corrected chi connectivity index (χ0v) is 17.0. The molecule has 1 aliphatic heterocycles. The van der Waals surface area contributed by atoms with Gasteiger partial charge in [-0.05, 0) is 48.8 Å². The molecule has 26 heavy (non-hydrogen) atoms. The van der Waals surface area contributed by atoms with Crippen molar-refractivity contribution >= 4 is 44.7 Å². The van der Waals surface area contributed by atoms with Crippen molar-refractivity contribution in [3.05, 3.63) is 42.3 Å². The fourth-order valence-electron chi connectivity index (χ4n) is 2.87. The molecule has 0 unspecified atom stereocenters. The molecule has 1 aromatic heterocycles. The smallest absolute Gasteiger partial charge is 0.410 e. The lowest BCUT2D eigenvalue weighted by atomic mass is 10.0. The molecular weight excluding hydrogens is 426 g/mol. The minimum Gasteiger partial charge on any atom is -0.444 e. The van der Waals surface area contributed by atoms with Gasteiger partial charge >= 0.3 is 17.2 Å². The molecule has 0 spiro atoms. The van der Waals surface area contributed by atoms with Crippen LogP contribution in [0, 0.1) is 5.92 Å². The molecule has 2 aromatic rings. The number of amides is 1. The quantitative estimate of drug-likeness (QED) is 0.722. The second-order valence-corrected chi connectivity index (χ2v) is 8.67. The van der Waals surface area contributed by atoms with E-state index in [-0.39, 0.29) is 12.0 Å². The van der Waals surface area contributed by atoms with Gasteiger partial charge in [0.15, 0.2) is 0 Å². The number of halogens is 2. The maximum atomic E-state index is 12.3. The minimum atomic E-state index is -0.685. The SMILES string of the molecule is CC(C)(C)OC(=O)N1CC(Cn2c(=O)c(=O)[nH]c3cc(Br)c(Cl)cc32)C1. The first-order valence-electron chi connectivity index (χ1n) is 8.15. The Labute approximate surface area is 163 Å². The van der Waals surface area contributed by atoms with E-state index in [0.29, 0.717) is 40.2 Å². The summed E-state index contributed by atoms with van der Waals surface area (Å²) in [6.45, 7) is 6.71. The second-order valence-electron chi connectivity index (χ2n) is 7.40. The summed E-state index contributed by atoms with van der Waals surface area (Å²) in [5.41, 5.74) is -0.791. The fraction of sp³-hybridized carbons (Fsp3) is 0.471. The van der Waals surface area contributed by atoms with Crippen molar-refractivity contribution in [3.8, 4) is 0 Å². The number of fused-ring (bicyclic) bond motifs is 1. The van der Waals surface area contributed by atoms with E-state index in [2.05, 4.69) is 20.9 Å². The number of rotatable bonds is 2. The van der Waals surface area contributed by atoms with Gasteiger partial charge in [0.25, 0.3) is 0 Å². The summed E-state index contributed by atoms with van der Waals surface area (Å²) in [5, 5.41) is 0.446. The Bertz CT molecular complexity index is 986. The molecular formula is C17H19BrClN3O4. The van der Waals surface area contributed by atoms with E-state index in [4.69, 9.17) is 16.3 Å². The van der Waals surface area contributed by atoms with Crippen molar-refractivity contribution < 1.29 is 9.53 Å². The van der Waals surface area contributed by atoms with Gasteiger partial charge < -0.3 is 19.2 Å². The third-order valence-electron chi connectivity index (χ3n) is 4.07. The highest BCUT2D eigenvalue weighted by Gasteiger charge is 2.34. The van der Waals surface area contributed by atoms with E-state index < -0.39 is 16.7 Å². The first kappa shape index (κ1) is 19.0. The Morgan fingerprint density at radius 1 is 1.35 bits per heavy atom. The molecule has 1 aromatic carbocycles. The van der Waals surface area contributed by atoms with Gasteiger partial charge in [-0.2, -0.15) is 0 Å². The maximum absolute atomic E-state index is 12.3. The summed E-state index contributed by atoms with van der Waals surface area (Å²) in [7, 11) is 0. The zero-order valence-electron chi connectivity index (χ0n) is 14.6. The van der Waals surface area contributed by atoms with Crippen LogP contribution in [0.2, 0.25) is 5.02 Å². The highest BCUT2D eigenvalue weighted by atomic mass is 79.9. The number of carbonyl (C=O) groups is 1. The molecule has 0 atom stereocenters. The Morgan fingerprint density at radius 2 is 2.00 bits per heavy atom. The van der Waals surface area contributed by atoms with Crippen molar-refractivity contribution in [3.63, 3.8) is 0 Å². The Morgan fingerprint density at radius 3 is 2.62 bits per heavy atom. The van der Waals surface area contributed by atoms with E-state index in [1.807, 2.05) is 20.8 Å². The molecule has 7 nitrogen and oxygen atoms in total. The van der Waals surface area contributed by atoms with Crippen LogP contribution < -0.4 is 11.1 Å². The number of benzene rings is 1. The summed E-state index contributed by atoms with van der Waals surface area (Å²) in [6.07, 6.45) is -0.371. The molecule has 0 aliphatic carbocycles. The normalized spacial score (nSPS) is 15.2. The summed E-state index contributed by atoms with van der Waals surface area (Å²) in [4.78, 5) is 40.4. The number of aromatic amines is 1. The Balaban J connectivity index is 1.81. The lowest BCUT2D eigenvalue weighted by molar-refractivity contribution is -0.00330. The number of nitrogens with one attached hydrogen (secondary N) is 1. The highest BCUT2D eigenvalue weighted by molar-refractivity contribution is 9.10. The largest absolute Gasteiger partial charge is 0.444 e. The molecule has 1 aliphatic rings. The van der Waals surface area contributed by atoms with Gasteiger partial charge in [0, 0.05) is 30.0 Å². The lowest BCUT2D eigenvalue weighted by Gasteiger charge is -2.40. The van der Waals surface area contributed by atoms with Crippen molar-refractivity contribution in [1.29, 1.82) is 0 Å². The third-order valence-corrected chi connectivity index (χ3v) is 5.26. The van der Waals surface area contributed by atoms with Crippen LogP contribution in [0.25, 0.3) is 11.0 Å². The molecule has 1 saturated heterocycles. The van der Waals surface area contributed by atoms with E-state index in [0.717, 1.165) is 0 Å². The zero-order chi connectivity index (χ0) is 19.2. The maximum Gasteiger partial charge on any atom is 0.410 e. The van der Waals surface area contributed by atoms with Gasteiger partial charge in [0.1, 0.15) is 5.60 Å². The predicted octanol–water partition coefficient (Wildman–Crippen LogP) is 2.97. The number of nitrogens with zero attached hydrogens (tertiary/aromatic N) is 2. The van der Waals surface area contributed by atoms with Crippen LogP contribution >= 0.6 is 27.5 Å². The minimum absolute atomic E-state index is 0.0626. The van der Waals surface area contributed by atoms with Crippen molar-refractivity contribution in [2.24, 2.45) is 5.92 Å². The van der Waals surface area contributed by atoms with Crippen molar-refractivity contribution in [2.75, 3.05) is 13.1 Å². The molecule has 0 saturated carbocycles. The van der Waals surface area contributed by atoms with Crippen LogP contribution in [-0.2, 0) is 11.3 Å². The Kier molecular flexibility index (Phi) is 4.92. The van der Waals surface area contributed by atoms with Crippen molar-refractivity contribution in [2.45, 2.75) is 32.9 Å². The van der Waals surface area contributed by atoms with Crippen LogP contribution in [0.5, 0.6) is 0 Å². The number of ether oxygens (including phenoxy) is 1. The topological polar surface area (TPSA) is 84.4 Å². The average molecular weight is 445 g/mol. The lowest BCUT2D eigenvalue weighted by Crippen LogP contribution is -2.54. The predicted molar refractivity (Wildman–Crippen MR) is 103 cm³/mol. The molecule has 1 fully saturated rings. The molecule has 0 radical (unpaired) electrons. The van der Waals surface area contributed by atoms with Gasteiger partial charge in [-0.3, -0.25) is 9.59 Å². The number of carbonyl (C=O) groups excluding carboxylic acids is 1. The summed E-state index contributed by atoms with van der Waals surface area (Å²) < 4.78 is 7.37. The van der Waals surface area contributed by atoms with Gasteiger partial charge in [-0.25, -0.2) is 4.79 Å². The van der Waals surface area contributed by atoms with Crippen molar-refractivity contribution in [1.82, 2.24) is 14.5 Å². The summed E-state index contributed by atoms with van der Waals surface area (Å²) >= 11 is 9.45. The molecule has 1 N–H and O–H groups in total. The monoisotopic (exact) mass is 443 g/mol. The fourth-order valence-corrected chi connectivity index (χ4v) is 3.37. The van der Waals surface area contributed by atoms with Gasteiger partial charge in [-0.1, -0.05) is 11.6 Å².